The van der Waals surface area contributed by atoms with Crippen LogP contribution in [0, 0.1) is 19.8 Å². The molecule has 0 radical (unpaired) electrons. The summed E-state index contributed by atoms with van der Waals surface area (Å²) in [5.41, 5.74) is 1.20. The van der Waals surface area contributed by atoms with E-state index in [2.05, 4.69) is 20.0 Å². The maximum absolute atomic E-state index is 11.7. The molecule has 0 spiro atoms. The van der Waals surface area contributed by atoms with E-state index < -0.39 is 0 Å². The number of anilines is 1. The highest BCUT2D eigenvalue weighted by atomic mass is 16.5. The van der Waals surface area contributed by atoms with E-state index in [-0.39, 0.29) is 5.97 Å². The zero-order chi connectivity index (χ0) is 17.1. The van der Waals surface area contributed by atoms with Crippen LogP contribution in [-0.2, 0) is 11.2 Å². The molecule has 1 fully saturated rings. The molecule has 0 aromatic carbocycles. The van der Waals surface area contributed by atoms with Crippen molar-refractivity contribution >= 4 is 11.8 Å². The van der Waals surface area contributed by atoms with Gasteiger partial charge < -0.3 is 14.2 Å². The number of ether oxygens (including phenoxy) is 1. The van der Waals surface area contributed by atoms with Crippen molar-refractivity contribution in [3.63, 3.8) is 0 Å². The normalized spacial score (nSPS) is 17.8. The number of hydrogen-bond donors (Lipinski definition) is 0. The highest BCUT2D eigenvalue weighted by molar-refractivity contribution is 5.90. The van der Waals surface area contributed by atoms with Gasteiger partial charge in [0.1, 0.15) is 5.82 Å². The Morgan fingerprint density at radius 3 is 2.88 bits per heavy atom. The van der Waals surface area contributed by atoms with Gasteiger partial charge in [0.15, 0.2) is 5.82 Å². The Morgan fingerprint density at radius 2 is 2.21 bits per heavy atom. The van der Waals surface area contributed by atoms with E-state index in [0.717, 1.165) is 44.0 Å². The Balaban J connectivity index is 1.70. The summed E-state index contributed by atoms with van der Waals surface area (Å²) in [6, 6.07) is 3.68. The van der Waals surface area contributed by atoms with E-state index in [4.69, 9.17) is 9.26 Å². The summed E-state index contributed by atoms with van der Waals surface area (Å²) >= 11 is 0. The number of carbonyl (C=O) groups excluding carboxylic acids is 1. The van der Waals surface area contributed by atoms with E-state index >= 15 is 0 Å². The minimum Gasteiger partial charge on any atom is -0.465 e. The lowest BCUT2D eigenvalue weighted by molar-refractivity contribution is 0.0599. The standard InChI is InChI=1S/C17H22N4O3/c1-11-14(17(22)23-3)6-7-16(18-11)21-8-4-5-13(10-21)9-15-19-12(2)24-20-15/h6-7,13H,4-5,8-10H2,1-3H3/t13-/m1/s1. The van der Waals surface area contributed by atoms with Gasteiger partial charge in [-0.25, -0.2) is 9.78 Å². The quantitative estimate of drug-likeness (QED) is 0.796. The van der Waals surface area contributed by atoms with Crippen LogP contribution in [-0.4, -0.2) is 41.3 Å². The van der Waals surface area contributed by atoms with Crippen LogP contribution in [0.15, 0.2) is 16.7 Å². The van der Waals surface area contributed by atoms with Gasteiger partial charge in [0, 0.05) is 26.4 Å². The van der Waals surface area contributed by atoms with E-state index in [9.17, 15) is 4.79 Å². The first-order chi connectivity index (χ1) is 11.6. The van der Waals surface area contributed by atoms with Crippen molar-refractivity contribution in [1.82, 2.24) is 15.1 Å². The van der Waals surface area contributed by atoms with E-state index in [1.165, 1.54) is 7.11 Å². The maximum atomic E-state index is 11.7. The van der Waals surface area contributed by atoms with Crippen LogP contribution >= 0.6 is 0 Å². The third-order valence-electron chi connectivity index (χ3n) is 4.36. The number of aromatic nitrogens is 3. The number of methoxy groups -OCH3 is 1. The summed E-state index contributed by atoms with van der Waals surface area (Å²) < 4.78 is 9.82. The van der Waals surface area contributed by atoms with Crippen molar-refractivity contribution in [2.24, 2.45) is 5.92 Å². The zero-order valence-corrected chi connectivity index (χ0v) is 14.3. The molecule has 7 heteroatoms. The molecule has 2 aromatic heterocycles. The minimum absolute atomic E-state index is 0.351. The van der Waals surface area contributed by atoms with Gasteiger partial charge in [-0.05, 0) is 37.8 Å². The monoisotopic (exact) mass is 330 g/mol. The molecule has 1 aliphatic rings. The van der Waals surface area contributed by atoms with Gasteiger partial charge in [-0.1, -0.05) is 5.16 Å². The molecule has 3 heterocycles. The Labute approximate surface area is 141 Å². The van der Waals surface area contributed by atoms with Crippen LogP contribution in [0.4, 0.5) is 5.82 Å². The van der Waals surface area contributed by atoms with Gasteiger partial charge in [0.2, 0.25) is 5.89 Å². The fourth-order valence-corrected chi connectivity index (χ4v) is 3.17. The fraction of sp³-hybridized carbons (Fsp3) is 0.529. The number of rotatable bonds is 4. The molecule has 1 saturated heterocycles. The number of hydrogen-bond acceptors (Lipinski definition) is 7. The van der Waals surface area contributed by atoms with Crippen molar-refractivity contribution in [3.8, 4) is 0 Å². The predicted octanol–water partition coefficient (Wildman–Crippen LogP) is 2.33. The first-order valence-electron chi connectivity index (χ1n) is 8.17. The number of carbonyl (C=O) groups is 1. The van der Waals surface area contributed by atoms with E-state index in [0.29, 0.717) is 23.1 Å². The Hall–Kier alpha value is -2.44. The van der Waals surface area contributed by atoms with Gasteiger partial charge in [0.25, 0.3) is 0 Å². The van der Waals surface area contributed by atoms with Gasteiger partial charge in [0.05, 0.1) is 18.4 Å². The van der Waals surface area contributed by atoms with Crippen LogP contribution in [0.3, 0.4) is 0 Å². The molecule has 7 nitrogen and oxygen atoms in total. The van der Waals surface area contributed by atoms with Crippen molar-refractivity contribution < 1.29 is 14.1 Å². The summed E-state index contributed by atoms with van der Waals surface area (Å²) in [6.07, 6.45) is 3.05. The Kier molecular flexibility index (Phi) is 4.78. The topological polar surface area (TPSA) is 81.4 Å². The highest BCUT2D eigenvalue weighted by Gasteiger charge is 2.23. The second-order valence-electron chi connectivity index (χ2n) is 6.18. The molecular weight excluding hydrogens is 308 g/mol. The molecule has 0 amide bonds. The van der Waals surface area contributed by atoms with Gasteiger partial charge in [-0.2, -0.15) is 4.98 Å². The van der Waals surface area contributed by atoms with Gasteiger partial charge in [-0.3, -0.25) is 0 Å². The molecule has 128 valence electrons. The van der Waals surface area contributed by atoms with E-state index in [1.807, 2.05) is 13.0 Å². The molecule has 2 aromatic rings. The van der Waals surface area contributed by atoms with Crippen LogP contribution in [0.5, 0.6) is 0 Å². The van der Waals surface area contributed by atoms with Gasteiger partial charge >= 0.3 is 5.97 Å². The van der Waals surface area contributed by atoms with Crippen molar-refractivity contribution in [2.75, 3.05) is 25.1 Å². The molecule has 1 aliphatic heterocycles. The molecule has 0 bridgehead atoms. The second kappa shape index (κ2) is 6.98. The third-order valence-corrected chi connectivity index (χ3v) is 4.36. The first-order valence-corrected chi connectivity index (χ1v) is 8.17. The van der Waals surface area contributed by atoms with Crippen LogP contribution in [0.25, 0.3) is 0 Å². The molecule has 24 heavy (non-hydrogen) atoms. The molecule has 0 saturated carbocycles. The number of esters is 1. The van der Waals surface area contributed by atoms with Gasteiger partial charge in [-0.15, -0.1) is 0 Å². The molecule has 0 aliphatic carbocycles. The summed E-state index contributed by atoms with van der Waals surface area (Å²) in [4.78, 5) is 22.8. The average Bonchev–Trinajstić information content (AvgIpc) is 2.99. The molecule has 0 unspecified atom stereocenters. The Bertz CT molecular complexity index is 728. The molecule has 0 N–H and O–H groups in total. The lowest BCUT2D eigenvalue weighted by Gasteiger charge is -2.33. The zero-order valence-electron chi connectivity index (χ0n) is 14.3. The number of nitrogens with zero attached hydrogens (tertiary/aromatic N) is 4. The second-order valence-corrected chi connectivity index (χ2v) is 6.18. The first kappa shape index (κ1) is 16.4. The predicted molar refractivity (Wildman–Crippen MR) is 88.0 cm³/mol. The summed E-state index contributed by atoms with van der Waals surface area (Å²) in [5.74, 6) is 2.39. The van der Waals surface area contributed by atoms with Crippen molar-refractivity contribution in [1.29, 1.82) is 0 Å². The van der Waals surface area contributed by atoms with Crippen LogP contribution < -0.4 is 4.90 Å². The average molecular weight is 330 g/mol. The number of piperidine rings is 1. The van der Waals surface area contributed by atoms with Crippen LogP contribution in [0.2, 0.25) is 0 Å². The molecule has 3 rings (SSSR count). The summed E-state index contributed by atoms with van der Waals surface area (Å²) in [7, 11) is 1.38. The lowest BCUT2D eigenvalue weighted by Crippen LogP contribution is -2.37. The minimum atomic E-state index is -0.351. The largest absolute Gasteiger partial charge is 0.465 e. The fourth-order valence-electron chi connectivity index (χ4n) is 3.17. The number of pyridine rings is 1. The SMILES string of the molecule is COC(=O)c1ccc(N2CCC[C@H](Cc3noc(C)n3)C2)nc1C. The number of aryl methyl sites for hydroxylation is 2. The maximum Gasteiger partial charge on any atom is 0.339 e. The third kappa shape index (κ3) is 3.55. The summed E-state index contributed by atoms with van der Waals surface area (Å²) in [6.45, 7) is 5.50. The lowest BCUT2D eigenvalue weighted by atomic mass is 9.94. The van der Waals surface area contributed by atoms with E-state index in [1.54, 1.807) is 13.0 Å². The smallest absolute Gasteiger partial charge is 0.339 e. The van der Waals surface area contributed by atoms with Crippen LogP contribution in [0.1, 0.15) is 40.6 Å². The summed E-state index contributed by atoms with van der Waals surface area (Å²) in [5, 5.41) is 3.99. The van der Waals surface area contributed by atoms with Crippen molar-refractivity contribution in [2.45, 2.75) is 33.1 Å². The molecular formula is C17H22N4O3. The van der Waals surface area contributed by atoms with Crippen molar-refractivity contribution in [3.05, 3.63) is 35.1 Å². The molecule has 1 atom stereocenters. The highest BCUT2D eigenvalue weighted by Crippen LogP contribution is 2.25. The Morgan fingerprint density at radius 1 is 1.38 bits per heavy atom.